The van der Waals surface area contributed by atoms with Crippen LogP contribution in [-0.2, 0) is 14.6 Å². The molecule has 0 aliphatic carbocycles. The number of aliphatic hydroxyl groups is 1. The van der Waals surface area contributed by atoms with Gasteiger partial charge in [0, 0.05) is 23.7 Å². The Morgan fingerprint density at radius 1 is 1.24 bits per heavy atom. The number of aliphatic hydroxyl groups excluding tert-OH is 1. The number of carboxylic acids is 1. The van der Waals surface area contributed by atoms with Crippen LogP contribution < -0.4 is 9.64 Å². The van der Waals surface area contributed by atoms with Gasteiger partial charge in [0.05, 0.1) is 21.2 Å². The Balaban J connectivity index is 2.18. The van der Waals surface area contributed by atoms with Gasteiger partial charge in [-0.3, -0.25) is 0 Å². The van der Waals surface area contributed by atoms with Gasteiger partial charge in [0.15, 0.2) is 15.9 Å². The van der Waals surface area contributed by atoms with E-state index in [1.807, 2.05) is 36.6 Å². The number of aliphatic carboxylic acids is 1. The SMILES string of the molecule is CCCC[C@]1(CC)CN(c2ccccc2)c2cc(SC)c(OC[C@@H](O)C(=O)O)cc2S(=O)(=O)C1. The lowest BCUT2D eigenvalue weighted by atomic mass is 9.81. The number of fused-ring (bicyclic) bond motifs is 1. The maximum absolute atomic E-state index is 13.8. The Kier molecular flexibility index (Phi) is 8.54. The zero-order valence-electron chi connectivity index (χ0n) is 19.9. The highest BCUT2D eigenvalue weighted by atomic mass is 32.2. The summed E-state index contributed by atoms with van der Waals surface area (Å²) in [6.45, 7) is 4.27. The molecular weight excluding hydrogens is 474 g/mol. The average Bonchev–Trinajstić information content (AvgIpc) is 2.93. The Hall–Kier alpha value is -2.23. The van der Waals surface area contributed by atoms with Crippen LogP contribution in [0.3, 0.4) is 0 Å². The Morgan fingerprint density at radius 2 is 1.94 bits per heavy atom. The summed E-state index contributed by atoms with van der Waals surface area (Å²) < 4.78 is 33.1. The largest absolute Gasteiger partial charge is 0.489 e. The molecule has 7 nitrogen and oxygen atoms in total. The van der Waals surface area contributed by atoms with Crippen molar-refractivity contribution in [1.29, 1.82) is 0 Å². The van der Waals surface area contributed by atoms with E-state index in [0.29, 0.717) is 17.1 Å². The van der Waals surface area contributed by atoms with Crippen molar-refractivity contribution < 1.29 is 28.2 Å². The van der Waals surface area contributed by atoms with Crippen molar-refractivity contribution in [2.75, 3.05) is 30.1 Å². The molecule has 0 bridgehead atoms. The maximum Gasteiger partial charge on any atom is 0.336 e. The predicted octanol–water partition coefficient (Wildman–Crippen LogP) is 4.74. The van der Waals surface area contributed by atoms with Crippen LogP contribution in [0.2, 0.25) is 0 Å². The molecule has 2 aromatic rings. The van der Waals surface area contributed by atoms with Crippen molar-refractivity contribution in [2.45, 2.75) is 55.4 Å². The molecule has 0 amide bonds. The van der Waals surface area contributed by atoms with Gasteiger partial charge < -0.3 is 19.8 Å². The molecule has 0 spiro atoms. The number of anilines is 2. The average molecular weight is 508 g/mol. The van der Waals surface area contributed by atoms with Gasteiger partial charge in [-0.05, 0) is 37.3 Å². The molecule has 0 unspecified atom stereocenters. The van der Waals surface area contributed by atoms with Gasteiger partial charge in [0.25, 0.3) is 0 Å². The van der Waals surface area contributed by atoms with Gasteiger partial charge in [-0.2, -0.15) is 0 Å². The number of ether oxygens (including phenoxy) is 1. The maximum atomic E-state index is 13.8. The molecule has 186 valence electrons. The highest BCUT2D eigenvalue weighted by Gasteiger charge is 2.42. The molecule has 1 aliphatic heterocycles. The molecule has 0 aromatic heterocycles. The summed E-state index contributed by atoms with van der Waals surface area (Å²) >= 11 is 1.38. The number of benzene rings is 2. The second-order valence-corrected chi connectivity index (χ2v) is 11.6. The fourth-order valence-electron chi connectivity index (χ4n) is 4.38. The van der Waals surface area contributed by atoms with Crippen LogP contribution in [0.4, 0.5) is 11.4 Å². The standard InChI is InChI=1S/C25H33NO6S2/c1-4-6-12-25(5-2)16-26(18-10-8-7-9-11-18)19-13-22(33-3)21(32-15-20(27)24(28)29)14-23(19)34(30,31)17-25/h7-11,13-14,20,27H,4-6,12,15-17H2,1-3H3,(H,28,29)/t20-,25-/m1/s1. The molecule has 0 fully saturated rings. The number of thioether (sulfide) groups is 1. The van der Waals surface area contributed by atoms with Crippen molar-refractivity contribution in [3.05, 3.63) is 42.5 Å². The van der Waals surface area contributed by atoms with E-state index in [-0.39, 0.29) is 16.4 Å². The zero-order valence-corrected chi connectivity index (χ0v) is 21.5. The van der Waals surface area contributed by atoms with Crippen LogP contribution in [0.25, 0.3) is 0 Å². The third kappa shape index (κ3) is 5.70. The fourth-order valence-corrected chi connectivity index (χ4v) is 7.11. The van der Waals surface area contributed by atoms with E-state index in [1.54, 1.807) is 6.07 Å². The summed E-state index contributed by atoms with van der Waals surface area (Å²) in [5.74, 6) is -1.12. The monoisotopic (exact) mass is 507 g/mol. The van der Waals surface area contributed by atoms with Crippen molar-refractivity contribution in [2.24, 2.45) is 5.41 Å². The second kappa shape index (κ2) is 11.0. The molecule has 1 aliphatic rings. The quantitative estimate of drug-likeness (QED) is 0.444. The second-order valence-electron chi connectivity index (χ2n) is 8.77. The lowest BCUT2D eigenvalue weighted by Gasteiger charge is -2.36. The number of para-hydroxylation sites is 1. The zero-order chi connectivity index (χ0) is 24.9. The number of carboxylic acid groups (broad SMARTS) is 1. The Labute approximate surface area is 206 Å². The molecule has 0 radical (unpaired) electrons. The minimum atomic E-state index is -3.68. The number of hydrogen-bond donors (Lipinski definition) is 2. The summed E-state index contributed by atoms with van der Waals surface area (Å²) in [6.07, 6.45) is 3.61. The van der Waals surface area contributed by atoms with E-state index >= 15 is 0 Å². The molecular formula is C25H33NO6S2. The van der Waals surface area contributed by atoms with Gasteiger partial charge in [-0.1, -0.05) is 44.9 Å². The van der Waals surface area contributed by atoms with Crippen LogP contribution >= 0.6 is 11.8 Å². The first-order valence-corrected chi connectivity index (χ1v) is 14.3. The molecule has 34 heavy (non-hydrogen) atoms. The molecule has 2 N–H and O–H groups in total. The van der Waals surface area contributed by atoms with E-state index in [4.69, 9.17) is 9.84 Å². The van der Waals surface area contributed by atoms with Gasteiger partial charge in [0.1, 0.15) is 12.4 Å². The van der Waals surface area contributed by atoms with E-state index in [1.165, 1.54) is 17.8 Å². The van der Waals surface area contributed by atoms with Crippen LogP contribution in [0.15, 0.2) is 52.3 Å². The highest BCUT2D eigenvalue weighted by molar-refractivity contribution is 7.98. The molecule has 2 aromatic carbocycles. The summed E-state index contributed by atoms with van der Waals surface area (Å²) in [6, 6.07) is 13.1. The molecule has 3 rings (SSSR count). The Morgan fingerprint density at radius 3 is 2.53 bits per heavy atom. The summed E-state index contributed by atoms with van der Waals surface area (Å²) in [5, 5.41) is 18.6. The fraction of sp³-hybridized carbons (Fsp3) is 0.480. The normalized spacial score (nSPS) is 20.3. The third-order valence-electron chi connectivity index (χ3n) is 6.42. The number of rotatable bonds is 10. The Bertz CT molecular complexity index is 1110. The van der Waals surface area contributed by atoms with Crippen molar-refractivity contribution in [3.8, 4) is 5.75 Å². The molecule has 0 saturated heterocycles. The lowest BCUT2D eigenvalue weighted by Crippen LogP contribution is -2.37. The van der Waals surface area contributed by atoms with Gasteiger partial charge in [0.2, 0.25) is 0 Å². The minimum absolute atomic E-state index is 0.0304. The number of unbranched alkanes of at least 4 members (excludes halogenated alkanes) is 1. The van der Waals surface area contributed by atoms with E-state index < -0.39 is 33.9 Å². The van der Waals surface area contributed by atoms with Gasteiger partial charge >= 0.3 is 5.97 Å². The number of sulfone groups is 1. The third-order valence-corrected chi connectivity index (χ3v) is 9.17. The first-order chi connectivity index (χ1) is 16.2. The van der Waals surface area contributed by atoms with Crippen molar-refractivity contribution in [3.63, 3.8) is 0 Å². The molecule has 2 atom stereocenters. The molecule has 0 saturated carbocycles. The highest BCUT2D eigenvalue weighted by Crippen LogP contribution is 2.47. The van der Waals surface area contributed by atoms with E-state index in [0.717, 1.165) is 31.4 Å². The van der Waals surface area contributed by atoms with E-state index in [2.05, 4.69) is 18.7 Å². The molecule has 9 heteroatoms. The smallest absolute Gasteiger partial charge is 0.336 e. The van der Waals surface area contributed by atoms with Gasteiger partial charge in [-0.25, -0.2) is 13.2 Å². The minimum Gasteiger partial charge on any atom is -0.489 e. The van der Waals surface area contributed by atoms with Crippen LogP contribution in [0.1, 0.15) is 39.5 Å². The summed E-state index contributed by atoms with van der Waals surface area (Å²) in [5.41, 5.74) is 1.09. The van der Waals surface area contributed by atoms with Crippen molar-refractivity contribution >= 4 is 38.9 Å². The van der Waals surface area contributed by atoms with Crippen LogP contribution in [0, 0.1) is 5.41 Å². The summed E-state index contributed by atoms with van der Waals surface area (Å²) in [4.78, 5) is 13.9. The topological polar surface area (TPSA) is 104 Å². The van der Waals surface area contributed by atoms with Crippen molar-refractivity contribution in [1.82, 2.24) is 0 Å². The van der Waals surface area contributed by atoms with Gasteiger partial charge in [-0.15, -0.1) is 11.8 Å². The number of nitrogens with zero attached hydrogens (tertiary/aromatic N) is 1. The lowest BCUT2D eigenvalue weighted by molar-refractivity contribution is -0.148. The summed E-state index contributed by atoms with van der Waals surface area (Å²) in [7, 11) is -3.68. The van der Waals surface area contributed by atoms with E-state index in [9.17, 15) is 18.3 Å². The first kappa shape index (κ1) is 26.4. The predicted molar refractivity (Wildman–Crippen MR) is 135 cm³/mol. The first-order valence-electron chi connectivity index (χ1n) is 11.5. The molecule has 1 heterocycles. The number of hydrogen-bond acceptors (Lipinski definition) is 7. The number of carbonyl (C=O) groups is 1. The van der Waals surface area contributed by atoms with Crippen LogP contribution in [0.5, 0.6) is 5.75 Å². The van der Waals surface area contributed by atoms with Crippen LogP contribution in [-0.4, -0.2) is 55.9 Å².